The zero-order chi connectivity index (χ0) is 11.1. The van der Waals surface area contributed by atoms with Crippen molar-refractivity contribution < 1.29 is 4.39 Å². The van der Waals surface area contributed by atoms with Crippen molar-refractivity contribution in [1.29, 1.82) is 0 Å². The van der Waals surface area contributed by atoms with Crippen molar-refractivity contribution in [2.75, 3.05) is 14.1 Å². The van der Waals surface area contributed by atoms with E-state index in [-0.39, 0.29) is 5.82 Å². The molecule has 0 amide bonds. The highest BCUT2D eigenvalue weighted by molar-refractivity contribution is 5.16. The van der Waals surface area contributed by atoms with Crippen LogP contribution in [0.4, 0.5) is 4.39 Å². The monoisotopic (exact) mass is 209 g/mol. The third-order valence-corrected chi connectivity index (χ3v) is 2.43. The van der Waals surface area contributed by atoms with Crippen LogP contribution < -0.4 is 5.32 Å². The Hall–Kier alpha value is -0.890. The lowest BCUT2D eigenvalue weighted by Crippen LogP contribution is -1.89. The predicted molar refractivity (Wildman–Crippen MR) is 62.4 cm³/mol. The van der Waals surface area contributed by atoms with Crippen LogP contribution >= 0.6 is 0 Å². The molecule has 0 spiro atoms. The van der Waals surface area contributed by atoms with Gasteiger partial charge in [0.15, 0.2) is 0 Å². The van der Waals surface area contributed by atoms with Crippen molar-refractivity contribution in [3.05, 3.63) is 35.6 Å². The van der Waals surface area contributed by atoms with Gasteiger partial charge in [-0.15, -0.1) is 0 Å². The van der Waals surface area contributed by atoms with Crippen LogP contribution in [0.15, 0.2) is 24.3 Å². The first-order chi connectivity index (χ1) is 7.26. The van der Waals surface area contributed by atoms with Crippen molar-refractivity contribution in [1.82, 2.24) is 5.32 Å². The van der Waals surface area contributed by atoms with Gasteiger partial charge in [-0.05, 0) is 50.6 Å². The summed E-state index contributed by atoms with van der Waals surface area (Å²) in [6.07, 6.45) is 5.05. The van der Waals surface area contributed by atoms with Gasteiger partial charge in [0.25, 0.3) is 0 Å². The summed E-state index contributed by atoms with van der Waals surface area (Å²) in [6.45, 7) is 0. The molecule has 84 valence electrons. The van der Waals surface area contributed by atoms with Crippen LogP contribution in [-0.4, -0.2) is 14.1 Å². The van der Waals surface area contributed by atoms with E-state index in [0.717, 1.165) is 17.9 Å². The van der Waals surface area contributed by atoms with Crippen LogP contribution in [-0.2, 0) is 6.42 Å². The van der Waals surface area contributed by atoms with Gasteiger partial charge in [-0.2, -0.15) is 0 Å². The van der Waals surface area contributed by atoms with E-state index in [9.17, 15) is 4.39 Å². The summed E-state index contributed by atoms with van der Waals surface area (Å²) in [5, 5.41) is 2.75. The van der Waals surface area contributed by atoms with Gasteiger partial charge in [-0.25, -0.2) is 4.39 Å². The van der Waals surface area contributed by atoms with Crippen LogP contribution in [0.5, 0.6) is 0 Å². The molecule has 0 aromatic heterocycles. The summed E-state index contributed by atoms with van der Waals surface area (Å²) >= 11 is 0. The summed E-state index contributed by atoms with van der Waals surface area (Å²) in [5.74, 6) is 0.830. The number of nitrogens with one attached hydrogen (secondary N) is 1. The van der Waals surface area contributed by atoms with Crippen molar-refractivity contribution in [3.63, 3.8) is 0 Å². The van der Waals surface area contributed by atoms with Crippen LogP contribution in [0, 0.1) is 11.7 Å². The van der Waals surface area contributed by atoms with Gasteiger partial charge in [0.05, 0.1) is 0 Å². The van der Waals surface area contributed by atoms with Crippen molar-refractivity contribution in [3.8, 4) is 0 Å². The Kier molecular flexibility index (Phi) is 5.33. The molecule has 1 aliphatic carbocycles. The van der Waals surface area contributed by atoms with E-state index < -0.39 is 0 Å². The van der Waals surface area contributed by atoms with E-state index in [2.05, 4.69) is 5.32 Å². The molecule has 0 radical (unpaired) electrons. The summed E-state index contributed by atoms with van der Waals surface area (Å²) in [6, 6.07) is 6.94. The summed E-state index contributed by atoms with van der Waals surface area (Å²) in [7, 11) is 3.75. The molecule has 0 atom stereocenters. The van der Waals surface area contributed by atoms with Gasteiger partial charge in [0.1, 0.15) is 5.82 Å². The molecule has 2 rings (SSSR count). The third kappa shape index (κ3) is 5.53. The molecule has 0 unspecified atom stereocenters. The van der Waals surface area contributed by atoms with Gasteiger partial charge in [0, 0.05) is 0 Å². The van der Waals surface area contributed by atoms with Crippen molar-refractivity contribution >= 4 is 0 Å². The van der Waals surface area contributed by atoms with Crippen LogP contribution in [0.2, 0.25) is 0 Å². The highest BCUT2D eigenvalue weighted by Gasteiger charge is 2.20. The number of halogens is 1. The fourth-order valence-electron chi connectivity index (χ4n) is 1.47. The fraction of sp³-hybridized carbons (Fsp3) is 0.538. The number of aryl methyl sites for hydroxylation is 1. The standard InChI is InChI=1S/C11H13F.C2H7N/c12-11-3-1-2-10(8-11)7-6-9-4-5-9;1-3-2/h1-3,8-9H,4-7H2;3H,1-2H3. The highest BCUT2D eigenvalue weighted by atomic mass is 19.1. The Bertz CT molecular complexity index is 282. The van der Waals surface area contributed by atoms with Crippen LogP contribution in [0.1, 0.15) is 24.8 Å². The quantitative estimate of drug-likeness (QED) is 0.807. The third-order valence-electron chi connectivity index (χ3n) is 2.43. The second kappa shape index (κ2) is 6.57. The average Bonchev–Trinajstić information content (AvgIpc) is 2.99. The first-order valence-corrected chi connectivity index (χ1v) is 5.59. The largest absolute Gasteiger partial charge is 0.323 e. The fourth-order valence-corrected chi connectivity index (χ4v) is 1.47. The molecule has 0 saturated heterocycles. The molecule has 1 N–H and O–H groups in total. The Labute approximate surface area is 91.7 Å². The van der Waals surface area contributed by atoms with Crippen LogP contribution in [0.25, 0.3) is 0 Å². The zero-order valence-corrected chi connectivity index (χ0v) is 9.59. The smallest absolute Gasteiger partial charge is 0.123 e. The minimum absolute atomic E-state index is 0.108. The predicted octanol–water partition coefficient (Wildman–Crippen LogP) is 3.00. The van der Waals surface area contributed by atoms with E-state index in [1.165, 1.54) is 25.3 Å². The SMILES string of the molecule is CNC.Fc1cccc(CCC2CC2)c1. The second-order valence-electron chi connectivity index (χ2n) is 4.11. The number of benzene rings is 1. The molecule has 0 bridgehead atoms. The lowest BCUT2D eigenvalue weighted by molar-refractivity contribution is 0.623. The van der Waals surface area contributed by atoms with Gasteiger partial charge < -0.3 is 5.32 Å². The molecule has 0 heterocycles. The molecular formula is C13H20FN. The summed E-state index contributed by atoms with van der Waals surface area (Å²) < 4.78 is 12.7. The first-order valence-electron chi connectivity index (χ1n) is 5.59. The molecule has 15 heavy (non-hydrogen) atoms. The van der Waals surface area contributed by atoms with E-state index >= 15 is 0 Å². The Morgan fingerprint density at radius 2 is 2.00 bits per heavy atom. The molecule has 1 fully saturated rings. The molecule has 1 saturated carbocycles. The molecule has 1 aliphatic rings. The summed E-state index contributed by atoms with van der Waals surface area (Å²) in [5.41, 5.74) is 1.14. The molecular weight excluding hydrogens is 189 g/mol. The zero-order valence-electron chi connectivity index (χ0n) is 9.59. The molecule has 1 aromatic rings. The van der Waals surface area contributed by atoms with E-state index in [0.29, 0.717) is 0 Å². The van der Waals surface area contributed by atoms with E-state index in [1.807, 2.05) is 20.2 Å². The Morgan fingerprint density at radius 3 is 2.53 bits per heavy atom. The van der Waals surface area contributed by atoms with Gasteiger partial charge in [-0.3, -0.25) is 0 Å². The second-order valence-corrected chi connectivity index (χ2v) is 4.11. The lowest BCUT2D eigenvalue weighted by atomic mass is 10.1. The van der Waals surface area contributed by atoms with Crippen molar-refractivity contribution in [2.24, 2.45) is 5.92 Å². The molecule has 1 nitrogen and oxygen atoms in total. The molecule has 2 heteroatoms. The van der Waals surface area contributed by atoms with Gasteiger partial charge in [-0.1, -0.05) is 25.0 Å². The number of hydrogen-bond acceptors (Lipinski definition) is 1. The maximum Gasteiger partial charge on any atom is 0.123 e. The minimum Gasteiger partial charge on any atom is -0.323 e. The summed E-state index contributed by atoms with van der Waals surface area (Å²) in [4.78, 5) is 0. The Balaban J connectivity index is 0.000000337. The lowest BCUT2D eigenvalue weighted by Gasteiger charge is -1.99. The average molecular weight is 209 g/mol. The minimum atomic E-state index is -0.108. The maximum atomic E-state index is 12.7. The van der Waals surface area contributed by atoms with Gasteiger partial charge in [0.2, 0.25) is 0 Å². The molecule has 0 aliphatic heterocycles. The maximum absolute atomic E-state index is 12.7. The first kappa shape index (κ1) is 12.2. The normalized spacial score (nSPS) is 14.3. The topological polar surface area (TPSA) is 12.0 Å². The Morgan fingerprint density at radius 1 is 1.33 bits per heavy atom. The van der Waals surface area contributed by atoms with Gasteiger partial charge >= 0.3 is 0 Å². The number of hydrogen-bond donors (Lipinski definition) is 1. The van der Waals surface area contributed by atoms with Crippen molar-refractivity contribution in [2.45, 2.75) is 25.7 Å². The molecule has 1 aromatic carbocycles. The number of rotatable bonds is 3. The van der Waals surface area contributed by atoms with E-state index in [4.69, 9.17) is 0 Å². The highest BCUT2D eigenvalue weighted by Crippen LogP contribution is 2.33. The van der Waals surface area contributed by atoms with Crippen LogP contribution in [0.3, 0.4) is 0 Å². The van der Waals surface area contributed by atoms with E-state index in [1.54, 1.807) is 12.1 Å².